The van der Waals surface area contributed by atoms with Crippen LogP contribution in [0.25, 0.3) is 6.08 Å². The van der Waals surface area contributed by atoms with Gasteiger partial charge in [-0.2, -0.15) is 0 Å². The van der Waals surface area contributed by atoms with Crippen molar-refractivity contribution in [3.8, 4) is 5.75 Å². The van der Waals surface area contributed by atoms with Crippen LogP contribution in [-0.2, 0) is 26.2 Å². The lowest BCUT2D eigenvalue weighted by atomic mass is 9.51. The number of aryl methyl sites for hydroxylation is 1. The molecule has 4 aliphatic rings. The van der Waals surface area contributed by atoms with Gasteiger partial charge in [0.15, 0.2) is 0 Å². The first kappa shape index (κ1) is 19.8. The van der Waals surface area contributed by atoms with Gasteiger partial charge < -0.3 is 9.84 Å². The number of carbonyl (C=O) groups excluding carboxylic acids is 2. The van der Waals surface area contributed by atoms with E-state index in [0.717, 1.165) is 60.5 Å². The number of piperidine rings is 1. The van der Waals surface area contributed by atoms with Crippen molar-refractivity contribution in [3.63, 3.8) is 0 Å². The molecule has 1 aromatic carbocycles. The van der Waals surface area contributed by atoms with Gasteiger partial charge in [0.2, 0.25) is 0 Å². The zero-order valence-corrected chi connectivity index (χ0v) is 17.9. The first-order valence-corrected chi connectivity index (χ1v) is 11.3. The highest BCUT2D eigenvalue weighted by molar-refractivity contribution is 5.88. The van der Waals surface area contributed by atoms with Crippen LogP contribution in [0.2, 0.25) is 0 Å². The smallest absolute Gasteiger partial charge is 0.330 e. The van der Waals surface area contributed by atoms with E-state index in [1.165, 1.54) is 26.0 Å². The van der Waals surface area contributed by atoms with Gasteiger partial charge in [-0.05, 0) is 86.2 Å². The molecule has 2 bridgehead atoms. The highest BCUT2D eigenvalue weighted by Crippen LogP contribution is 2.58. The van der Waals surface area contributed by atoms with E-state index in [2.05, 4.69) is 4.90 Å². The molecule has 160 valence electrons. The van der Waals surface area contributed by atoms with Gasteiger partial charge in [0.05, 0.1) is 7.11 Å². The number of phenols is 1. The Hall–Kier alpha value is -2.14. The van der Waals surface area contributed by atoms with Crippen molar-refractivity contribution in [2.45, 2.75) is 63.3 Å². The summed E-state index contributed by atoms with van der Waals surface area (Å²) in [5.41, 5.74) is 3.63. The molecule has 5 rings (SSSR count). The van der Waals surface area contributed by atoms with Crippen molar-refractivity contribution in [1.82, 2.24) is 4.90 Å². The Kier molecular flexibility index (Phi) is 4.77. The van der Waals surface area contributed by atoms with E-state index in [1.807, 2.05) is 19.1 Å². The summed E-state index contributed by atoms with van der Waals surface area (Å²) in [4.78, 5) is 27.1. The maximum Gasteiger partial charge on any atom is 0.330 e. The lowest BCUT2D eigenvalue weighted by Gasteiger charge is -2.59. The molecule has 2 saturated carbocycles. The van der Waals surface area contributed by atoms with Crippen molar-refractivity contribution in [2.24, 2.45) is 11.8 Å². The van der Waals surface area contributed by atoms with Gasteiger partial charge >= 0.3 is 5.97 Å². The van der Waals surface area contributed by atoms with E-state index >= 15 is 0 Å². The number of aromatic hydroxyl groups is 1. The monoisotopic (exact) mass is 409 g/mol. The molecule has 3 unspecified atom stereocenters. The third-order valence-corrected chi connectivity index (χ3v) is 8.07. The molecule has 5 heteroatoms. The first-order valence-electron chi connectivity index (χ1n) is 11.3. The first-order chi connectivity index (χ1) is 14.4. The van der Waals surface area contributed by atoms with E-state index < -0.39 is 0 Å². The number of benzene rings is 1. The van der Waals surface area contributed by atoms with E-state index in [1.54, 1.807) is 0 Å². The van der Waals surface area contributed by atoms with Gasteiger partial charge in [-0.25, -0.2) is 4.79 Å². The Labute approximate surface area is 178 Å². The van der Waals surface area contributed by atoms with Gasteiger partial charge in [0.25, 0.3) is 0 Å². The van der Waals surface area contributed by atoms with E-state index in [0.29, 0.717) is 36.3 Å². The van der Waals surface area contributed by atoms with Gasteiger partial charge in [0, 0.05) is 42.5 Å². The SMILES string of the molecule is COC(=O)/C=C/c1cc(C)c(O)c2c1CC1C3CCC(=O)CC23CCN1CC1CC1. The summed E-state index contributed by atoms with van der Waals surface area (Å²) in [7, 11) is 1.38. The quantitative estimate of drug-likeness (QED) is 0.609. The summed E-state index contributed by atoms with van der Waals surface area (Å²) in [6.07, 6.45) is 9.87. The molecule has 5 nitrogen and oxygen atoms in total. The summed E-state index contributed by atoms with van der Waals surface area (Å²) in [6.45, 7) is 4.08. The predicted octanol–water partition coefficient (Wildman–Crippen LogP) is 3.53. The van der Waals surface area contributed by atoms with E-state index in [4.69, 9.17) is 4.74 Å². The molecule has 0 spiro atoms. The minimum Gasteiger partial charge on any atom is -0.507 e. The third-order valence-electron chi connectivity index (χ3n) is 8.07. The van der Waals surface area contributed by atoms with Crippen LogP contribution in [0.4, 0.5) is 0 Å². The number of fused-ring (bicyclic) bond motifs is 1. The van der Waals surface area contributed by atoms with Gasteiger partial charge in [-0.1, -0.05) is 0 Å². The van der Waals surface area contributed by atoms with Crippen LogP contribution >= 0.6 is 0 Å². The van der Waals surface area contributed by atoms with Gasteiger partial charge in [-0.15, -0.1) is 0 Å². The molecule has 1 heterocycles. The Bertz CT molecular complexity index is 932. The van der Waals surface area contributed by atoms with Crippen molar-refractivity contribution < 1.29 is 19.4 Å². The fourth-order valence-electron chi connectivity index (χ4n) is 6.50. The molecule has 0 amide bonds. The average molecular weight is 410 g/mol. The summed E-state index contributed by atoms with van der Waals surface area (Å²) in [6, 6.07) is 2.38. The van der Waals surface area contributed by atoms with Crippen LogP contribution in [0.3, 0.4) is 0 Å². The molecule has 30 heavy (non-hydrogen) atoms. The third kappa shape index (κ3) is 3.09. The highest BCUT2D eigenvalue weighted by atomic mass is 16.5. The van der Waals surface area contributed by atoms with Crippen LogP contribution in [-0.4, -0.2) is 48.0 Å². The maximum absolute atomic E-state index is 12.7. The normalized spacial score (nSPS) is 30.8. The largest absolute Gasteiger partial charge is 0.507 e. The van der Waals surface area contributed by atoms with Gasteiger partial charge in [0.1, 0.15) is 11.5 Å². The molecule has 3 fully saturated rings. The van der Waals surface area contributed by atoms with Crippen molar-refractivity contribution in [3.05, 3.63) is 34.4 Å². The van der Waals surface area contributed by atoms with Crippen LogP contribution in [0, 0.1) is 18.8 Å². The summed E-state index contributed by atoms with van der Waals surface area (Å²) in [5, 5.41) is 11.2. The fourth-order valence-corrected chi connectivity index (χ4v) is 6.50. The number of ether oxygens (including phenoxy) is 1. The lowest BCUT2D eigenvalue weighted by molar-refractivity contribution is -0.134. The molecule has 0 aromatic heterocycles. The number of rotatable bonds is 4. The molecular formula is C25H31NO4. The van der Waals surface area contributed by atoms with Crippen molar-refractivity contribution >= 4 is 17.8 Å². The number of ketones is 1. The van der Waals surface area contributed by atoms with Crippen LogP contribution in [0.15, 0.2) is 12.1 Å². The minimum absolute atomic E-state index is 0.266. The highest BCUT2D eigenvalue weighted by Gasteiger charge is 2.57. The average Bonchev–Trinajstić information content (AvgIpc) is 3.54. The fraction of sp³-hybridized carbons (Fsp3) is 0.600. The predicted molar refractivity (Wildman–Crippen MR) is 114 cm³/mol. The van der Waals surface area contributed by atoms with Crippen molar-refractivity contribution in [2.75, 3.05) is 20.2 Å². The standard InChI is InChI=1S/C25H31NO4/c1-15-11-17(5-8-22(28)30-2)19-12-21-20-7-6-18(27)13-25(20,23(19)24(15)29)9-10-26(21)14-16-3-4-16/h5,8,11,16,20-21,29H,3-4,6-7,9-10,12-14H2,1-2H3/b8-5+. The van der Waals surface area contributed by atoms with Crippen molar-refractivity contribution in [1.29, 1.82) is 0 Å². The molecule has 3 aliphatic carbocycles. The maximum atomic E-state index is 12.7. The molecule has 1 aliphatic heterocycles. The number of carbonyl (C=O) groups is 2. The number of esters is 1. The minimum atomic E-state index is -0.385. The molecule has 1 saturated heterocycles. The lowest BCUT2D eigenvalue weighted by Crippen LogP contribution is -2.62. The second-order valence-corrected chi connectivity index (χ2v) is 9.82. The summed E-state index contributed by atoms with van der Waals surface area (Å²) >= 11 is 0. The Morgan fingerprint density at radius 3 is 2.90 bits per heavy atom. The number of Topliss-reactive ketones (excluding diaryl/α,β-unsaturated/α-hetero) is 1. The molecule has 3 atom stereocenters. The van der Waals surface area contributed by atoms with Crippen LogP contribution < -0.4 is 0 Å². The number of nitrogens with zero attached hydrogens (tertiary/aromatic N) is 1. The molecule has 1 aromatic rings. The van der Waals surface area contributed by atoms with Crippen LogP contribution in [0.5, 0.6) is 5.75 Å². The topological polar surface area (TPSA) is 66.8 Å². The van der Waals surface area contributed by atoms with Gasteiger partial charge in [-0.3, -0.25) is 9.69 Å². The van der Waals surface area contributed by atoms with E-state index in [9.17, 15) is 14.7 Å². The van der Waals surface area contributed by atoms with E-state index in [-0.39, 0.29) is 11.4 Å². The summed E-state index contributed by atoms with van der Waals surface area (Å²) < 4.78 is 4.78. The second kappa shape index (κ2) is 7.23. The number of phenolic OH excluding ortho intramolecular Hbond substituents is 1. The number of likely N-dealkylation sites (tertiary alicyclic amines) is 1. The Morgan fingerprint density at radius 2 is 2.17 bits per heavy atom. The number of methoxy groups -OCH3 is 1. The second-order valence-electron chi connectivity index (χ2n) is 9.82. The van der Waals surface area contributed by atoms with Crippen LogP contribution in [0.1, 0.15) is 60.8 Å². The zero-order chi connectivity index (χ0) is 21.0. The number of hydrogen-bond acceptors (Lipinski definition) is 5. The Morgan fingerprint density at radius 1 is 1.37 bits per heavy atom. The molecular weight excluding hydrogens is 378 g/mol. The molecule has 0 radical (unpaired) electrons. The number of hydrogen-bond donors (Lipinski definition) is 1. The summed E-state index contributed by atoms with van der Waals surface area (Å²) in [5.74, 6) is 1.54. The Balaban J connectivity index is 1.65. The molecule has 1 N–H and O–H groups in total. The zero-order valence-electron chi connectivity index (χ0n) is 17.9.